The highest BCUT2D eigenvalue weighted by Crippen LogP contribution is 2.39. The van der Waals surface area contributed by atoms with Gasteiger partial charge < -0.3 is 24.2 Å². The van der Waals surface area contributed by atoms with Gasteiger partial charge in [-0.25, -0.2) is 0 Å². The van der Waals surface area contributed by atoms with E-state index < -0.39 is 11.9 Å². The molecule has 0 radical (unpaired) electrons. The number of nitrogens with zero attached hydrogens (tertiary/aromatic N) is 1. The van der Waals surface area contributed by atoms with E-state index in [1.165, 1.54) is 0 Å². The predicted molar refractivity (Wildman–Crippen MR) is 101 cm³/mol. The number of ether oxygens (including phenoxy) is 3. The molecule has 1 amide bonds. The molecule has 0 aliphatic carbocycles. The molecule has 27 heavy (non-hydrogen) atoms. The molecule has 1 aromatic carbocycles. The van der Waals surface area contributed by atoms with E-state index in [-0.39, 0.29) is 11.8 Å². The Morgan fingerprint density at radius 1 is 1.07 bits per heavy atom. The number of hydrogen-bond acceptors (Lipinski definition) is 5. The van der Waals surface area contributed by atoms with Crippen LogP contribution < -0.4 is 14.2 Å². The van der Waals surface area contributed by atoms with Crippen LogP contribution in [0.2, 0.25) is 0 Å². The Bertz CT molecular complexity index is 647. The van der Waals surface area contributed by atoms with Gasteiger partial charge in [0.25, 0.3) is 5.91 Å². The third-order valence-electron chi connectivity index (χ3n) is 4.67. The second-order valence-corrected chi connectivity index (χ2v) is 6.56. The van der Waals surface area contributed by atoms with Gasteiger partial charge in [-0.15, -0.1) is 0 Å². The van der Waals surface area contributed by atoms with Crippen molar-refractivity contribution < 1.29 is 28.9 Å². The maximum atomic E-state index is 13.0. The zero-order chi connectivity index (χ0) is 20.0. The zero-order valence-corrected chi connectivity index (χ0v) is 16.5. The van der Waals surface area contributed by atoms with Crippen LogP contribution in [-0.4, -0.2) is 54.8 Å². The summed E-state index contributed by atoms with van der Waals surface area (Å²) in [5.41, 5.74) is 0.450. The summed E-state index contributed by atoms with van der Waals surface area (Å²) >= 11 is 0. The van der Waals surface area contributed by atoms with Crippen LogP contribution in [0, 0.1) is 11.8 Å². The van der Waals surface area contributed by atoms with E-state index in [0.29, 0.717) is 62.1 Å². The topological polar surface area (TPSA) is 85.3 Å². The number of carboxylic acids is 1. The Morgan fingerprint density at radius 3 is 2.07 bits per heavy atom. The maximum absolute atomic E-state index is 13.0. The van der Waals surface area contributed by atoms with Gasteiger partial charge in [-0.3, -0.25) is 9.59 Å². The summed E-state index contributed by atoms with van der Waals surface area (Å²) in [5.74, 6) is -0.0171. The molecule has 0 bridgehead atoms. The molecule has 1 saturated heterocycles. The summed E-state index contributed by atoms with van der Waals surface area (Å²) in [6.45, 7) is 9.62. The quantitative estimate of drug-likeness (QED) is 0.747. The average Bonchev–Trinajstić information content (AvgIpc) is 2.63. The number of benzene rings is 1. The molecule has 2 atom stereocenters. The molecule has 0 saturated carbocycles. The fourth-order valence-electron chi connectivity index (χ4n) is 3.39. The molecule has 2 unspecified atom stereocenters. The summed E-state index contributed by atoms with van der Waals surface area (Å²) in [7, 11) is 0. The molecule has 150 valence electrons. The number of likely N-dealkylation sites (tertiary alicyclic amines) is 1. The summed E-state index contributed by atoms with van der Waals surface area (Å²) in [6, 6.07) is 3.35. The Balaban J connectivity index is 2.31. The van der Waals surface area contributed by atoms with Gasteiger partial charge in [-0.1, -0.05) is 6.92 Å². The van der Waals surface area contributed by atoms with E-state index in [1.807, 2.05) is 27.7 Å². The van der Waals surface area contributed by atoms with E-state index in [4.69, 9.17) is 14.2 Å². The first kappa shape index (κ1) is 20.9. The highest BCUT2D eigenvalue weighted by atomic mass is 16.5. The maximum Gasteiger partial charge on any atom is 0.306 e. The summed E-state index contributed by atoms with van der Waals surface area (Å²) in [5, 5.41) is 9.27. The van der Waals surface area contributed by atoms with Gasteiger partial charge >= 0.3 is 5.97 Å². The van der Waals surface area contributed by atoms with E-state index in [2.05, 4.69) is 0 Å². The first-order valence-electron chi connectivity index (χ1n) is 9.51. The van der Waals surface area contributed by atoms with Crippen LogP contribution >= 0.6 is 0 Å². The Kier molecular flexibility index (Phi) is 7.33. The van der Waals surface area contributed by atoms with Crippen LogP contribution in [0.3, 0.4) is 0 Å². The second-order valence-electron chi connectivity index (χ2n) is 6.56. The van der Waals surface area contributed by atoms with Crippen LogP contribution in [0.25, 0.3) is 0 Å². The third-order valence-corrected chi connectivity index (χ3v) is 4.67. The standard InChI is InChI=1S/C20H29NO6/c1-5-25-16-10-14(11-17(26-6-2)18(16)27-7-3)19(22)21-9-8-15(20(23)24)13(4)12-21/h10-11,13,15H,5-9,12H2,1-4H3,(H,23,24). The first-order chi connectivity index (χ1) is 12.9. The molecule has 1 aliphatic rings. The number of aliphatic carboxylic acids is 1. The summed E-state index contributed by atoms with van der Waals surface area (Å²) < 4.78 is 17.0. The van der Waals surface area contributed by atoms with E-state index >= 15 is 0 Å². The first-order valence-corrected chi connectivity index (χ1v) is 9.51. The number of carbonyl (C=O) groups excluding carboxylic acids is 1. The number of piperidine rings is 1. The fourth-order valence-corrected chi connectivity index (χ4v) is 3.39. The normalized spacial score (nSPS) is 19.5. The van der Waals surface area contributed by atoms with Crippen molar-refractivity contribution in [3.05, 3.63) is 17.7 Å². The van der Waals surface area contributed by atoms with Crippen molar-refractivity contribution in [1.82, 2.24) is 4.90 Å². The lowest BCUT2D eigenvalue weighted by molar-refractivity contribution is -0.145. The fraction of sp³-hybridized carbons (Fsp3) is 0.600. The zero-order valence-electron chi connectivity index (χ0n) is 16.5. The van der Waals surface area contributed by atoms with Crippen LogP contribution in [0.4, 0.5) is 0 Å². The van der Waals surface area contributed by atoms with E-state index in [1.54, 1.807) is 17.0 Å². The molecular weight excluding hydrogens is 350 g/mol. The highest BCUT2D eigenvalue weighted by Gasteiger charge is 2.33. The molecule has 2 rings (SSSR count). The van der Waals surface area contributed by atoms with Gasteiger partial charge in [0.05, 0.1) is 25.7 Å². The molecule has 1 aromatic rings. The lowest BCUT2D eigenvalue weighted by Gasteiger charge is -2.35. The van der Waals surface area contributed by atoms with Gasteiger partial charge in [0.1, 0.15) is 0 Å². The molecule has 1 heterocycles. The van der Waals surface area contributed by atoms with Gasteiger partial charge in [0, 0.05) is 18.7 Å². The molecule has 0 spiro atoms. The number of amides is 1. The van der Waals surface area contributed by atoms with Crippen molar-refractivity contribution >= 4 is 11.9 Å². The van der Waals surface area contributed by atoms with Crippen molar-refractivity contribution in [3.63, 3.8) is 0 Å². The smallest absolute Gasteiger partial charge is 0.306 e. The van der Waals surface area contributed by atoms with Crippen molar-refractivity contribution in [1.29, 1.82) is 0 Å². The van der Waals surface area contributed by atoms with Gasteiger partial charge in [0.2, 0.25) is 5.75 Å². The molecule has 0 aromatic heterocycles. The lowest BCUT2D eigenvalue weighted by Crippen LogP contribution is -2.45. The number of hydrogen-bond donors (Lipinski definition) is 1. The number of carbonyl (C=O) groups is 2. The minimum atomic E-state index is -0.798. The minimum absolute atomic E-state index is 0.0966. The number of carboxylic acid groups (broad SMARTS) is 1. The van der Waals surface area contributed by atoms with Crippen LogP contribution in [-0.2, 0) is 4.79 Å². The largest absolute Gasteiger partial charge is 0.490 e. The third kappa shape index (κ3) is 4.84. The van der Waals surface area contributed by atoms with E-state index in [9.17, 15) is 14.7 Å². The lowest BCUT2D eigenvalue weighted by atomic mass is 9.87. The Labute approximate surface area is 160 Å². The monoisotopic (exact) mass is 379 g/mol. The van der Waals surface area contributed by atoms with E-state index in [0.717, 1.165) is 0 Å². The Hall–Kier alpha value is -2.44. The van der Waals surface area contributed by atoms with Crippen LogP contribution in [0.1, 0.15) is 44.5 Å². The van der Waals surface area contributed by atoms with Crippen LogP contribution in [0.15, 0.2) is 12.1 Å². The molecular formula is C20H29NO6. The summed E-state index contributed by atoms with van der Waals surface area (Å²) in [4.78, 5) is 26.0. The highest BCUT2D eigenvalue weighted by molar-refractivity contribution is 5.96. The van der Waals surface area contributed by atoms with Crippen molar-refractivity contribution in [2.24, 2.45) is 11.8 Å². The number of rotatable bonds is 8. The van der Waals surface area contributed by atoms with Crippen molar-refractivity contribution in [3.8, 4) is 17.2 Å². The van der Waals surface area contributed by atoms with Gasteiger partial charge in [-0.2, -0.15) is 0 Å². The van der Waals surface area contributed by atoms with Crippen LogP contribution in [0.5, 0.6) is 17.2 Å². The average molecular weight is 379 g/mol. The Morgan fingerprint density at radius 2 is 1.63 bits per heavy atom. The second kappa shape index (κ2) is 9.48. The van der Waals surface area contributed by atoms with Gasteiger partial charge in [-0.05, 0) is 45.2 Å². The summed E-state index contributed by atoms with van der Waals surface area (Å²) in [6.07, 6.45) is 0.454. The minimum Gasteiger partial charge on any atom is -0.490 e. The molecule has 1 fully saturated rings. The van der Waals surface area contributed by atoms with Crippen molar-refractivity contribution in [2.45, 2.75) is 34.1 Å². The molecule has 7 nitrogen and oxygen atoms in total. The molecule has 7 heteroatoms. The SMILES string of the molecule is CCOc1cc(C(=O)N2CCC(C(=O)O)C(C)C2)cc(OCC)c1OCC. The van der Waals surface area contributed by atoms with Gasteiger partial charge in [0.15, 0.2) is 11.5 Å². The van der Waals surface area contributed by atoms with Crippen molar-refractivity contribution in [2.75, 3.05) is 32.9 Å². The predicted octanol–water partition coefficient (Wildman–Crippen LogP) is 3.07. The molecule has 1 aliphatic heterocycles. The molecule has 1 N–H and O–H groups in total.